The number of hydrogen-bond donors (Lipinski definition) is 1. The standard InChI is InChI=1S/C25H20F4N2OS/c1-11-23(33-12(2)31-11)17-4-3-15(19-9-25(28,29)24(32)22(17)19)16-5-6-20(27)18-8-14(26)7-13(10-30)21(16)18/h3-4,7-8,16,20,24,32H,5-6,9H2,1-2H3/t16-,20+,24+/m1/s1. The first kappa shape index (κ1) is 22.1. The Bertz CT molecular complexity index is 1330. The molecule has 0 saturated heterocycles. The van der Waals surface area contributed by atoms with Gasteiger partial charge < -0.3 is 5.11 Å². The van der Waals surface area contributed by atoms with E-state index in [2.05, 4.69) is 4.98 Å². The van der Waals surface area contributed by atoms with Gasteiger partial charge in [-0.05, 0) is 72.2 Å². The molecule has 1 heterocycles. The lowest BCUT2D eigenvalue weighted by Gasteiger charge is -2.31. The number of alkyl halides is 3. The molecule has 0 spiro atoms. The van der Waals surface area contributed by atoms with Gasteiger partial charge in [-0.15, -0.1) is 11.3 Å². The molecule has 0 aliphatic heterocycles. The number of rotatable bonds is 2. The number of fused-ring (bicyclic) bond motifs is 2. The van der Waals surface area contributed by atoms with Gasteiger partial charge in [0, 0.05) is 12.3 Å². The molecule has 8 heteroatoms. The maximum Gasteiger partial charge on any atom is 0.281 e. The smallest absolute Gasteiger partial charge is 0.281 e. The summed E-state index contributed by atoms with van der Waals surface area (Å²) in [5.74, 6) is -4.61. The topological polar surface area (TPSA) is 56.9 Å². The highest BCUT2D eigenvalue weighted by atomic mass is 32.1. The normalized spacial score (nSPS) is 23.2. The van der Waals surface area contributed by atoms with Crippen molar-refractivity contribution >= 4 is 11.3 Å². The predicted octanol–water partition coefficient (Wildman–Crippen LogP) is 6.60. The lowest BCUT2D eigenvalue weighted by Crippen LogP contribution is -2.22. The van der Waals surface area contributed by atoms with Crippen LogP contribution in [0.2, 0.25) is 0 Å². The number of aliphatic hydroxyl groups excluding tert-OH is 1. The van der Waals surface area contributed by atoms with Gasteiger partial charge in [-0.3, -0.25) is 0 Å². The summed E-state index contributed by atoms with van der Waals surface area (Å²) in [6.07, 6.45) is -3.68. The Morgan fingerprint density at radius 1 is 1.15 bits per heavy atom. The molecule has 1 aromatic heterocycles. The molecule has 5 rings (SSSR count). The van der Waals surface area contributed by atoms with Crippen LogP contribution >= 0.6 is 11.3 Å². The quantitative estimate of drug-likeness (QED) is 0.428. The Kier molecular flexibility index (Phi) is 5.11. The maximum absolute atomic E-state index is 14.8. The van der Waals surface area contributed by atoms with Crippen molar-refractivity contribution in [1.82, 2.24) is 4.98 Å². The minimum Gasteiger partial charge on any atom is -0.382 e. The molecule has 0 amide bonds. The molecule has 0 saturated carbocycles. The fraction of sp³-hybridized carbons (Fsp3) is 0.360. The van der Waals surface area contributed by atoms with Crippen LogP contribution in [0.15, 0.2) is 24.3 Å². The number of hydrogen-bond acceptors (Lipinski definition) is 4. The van der Waals surface area contributed by atoms with Crippen molar-refractivity contribution < 1.29 is 22.7 Å². The van der Waals surface area contributed by atoms with E-state index in [4.69, 9.17) is 0 Å². The van der Waals surface area contributed by atoms with Gasteiger partial charge in [-0.1, -0.05) is 12.1 Å². The van der Waals surface area contributed by atoms with Gasteiger partial charge in [0.1, 0.15) is 18.1 Å². The summed E-state index contributed by atoms with van der Waals surface area (Å²) < 4.78 is 58.4. The van der Waals surface area contributed by atoms with E-state index in [0.717, 1.165) is 22.0 Å². The molecule has 0 fully saturated rings. The fourth-order valence-electron chi connectivity index (χ4n) is 5.34. The second-order valence-corrected chi connectivity index (χ2v) is 9.95. The molecule has 170 valence electrons. The Hall–Kier alpha value is -2.76. The number of aromatic nitrogens is 1. The van der Waals surface area contributed by atoms with Crippen LogP contribution in [0, 0.1) is 31.0 Å². The fourth-order valence-corrected chi connectivity index (χ4v) is 6.30. The predicted molar refractivity (Wildman–Crippen MR) is 117 cm³/mol. The summed E-state index contributed by atoms with van der Waals surface area (Å²) in [6.45, 7) is 3.63. The van der Waals surface area contributed by atoms with E-state index < -0.39 is 36.4 Å². The van der Waals surface area contributed by atoms with Gasteiger partial charge in [0.05, 0.1) is 27.2 Å². The first-order valence-corrected chi connectivity index (χ1v) is 11.5. The van der Waals surface area contributed by atoms with Crippen molar-refractivity contribution in [2.75, 3.05) is 0 Å². The molecule has 0 bridgehead atoms. The highest BCUT2D eigenvalue weighted by Crippen LogP contribution is 2.53. The number of aryl methyl sites for hydroxylation is 2. The van der Waals surface area contributed by atoms with Crippen molar-refractivity contribution in [2.45, 2.75) is 57.2 Å². The molecule has 3 atom stereocenters. The average molecular weight is 473 g/mol. The molecule has 0 unspecified atom stereocenters. The SMILES string of the molecule is Cc1nc(C)c(-c2ccc([C@H]3CC[C@H](F)c4cc(F)cc(C#N)c43)c3c2[C@H](O)C(F)(F)C3)s1. The van der Waals surface area contributed by atoms with E-state index in [-0.39, 0.29) is 23.1 Å². The van der Waals surface area contributed by atoms with Crippen LogP contribution in [0.4, 0.5) is 17.6 Å². The minimum atomic E-state index is -3.36. The molecule has 1 N–H and O–H groups in total. The number of aliphatic hydroxyl groups is 1. The van der Waals surface area contributed by atoms with Crippen LogP contribution in [0.5, 0.6) is 0 Å². The van der Waals surface area contributed by atoms with Crippen molar-refractivity contribution in [3.8, 4) is 16.5 Å². The van der Waals surface area contributed by atoms with Crippen molar-refractivity contribution in [3.05, 3.63) is 74.2 Å². The van der Waals surface area contributed by atoms with E-state index in [0.29, 0.717) is 34.4 Å². The first-order valence-electron chi connectivity index (χ1n) is 10.7. The van der Waals surface area contributed by atoms with Crippen LogP contribution in [0.1, 0.15) is 75.1 Å². The van der Waals surface area contributed by atoms with Crippen molar-refractivity contribution in [3.63, 3.8) is 0 Å². The second-order valence-electron chi connectivity index (χ2n) is 8.75. The van der Waals surface area contributed by atoms with E-state index >= 15 is 0 Å². The average Bonchev–Trinajstić information content (AvgIpc) is 3.22. The lowest BCUT2D eigenvalue weighted by molar-refractivity contribution is -0.0966. The molecule has 3 aromatic rings. The van der Waals surface area contributed by atoms with Crippen molar-refractivity contribution in [2.24, 2.45) is 0 Å². The highest BCUT2D eigenvalue weighted by molar-refractivity contribution is 7.15. The number of nitrogens with zero attached hydrogens (tertiary/aromatic N) is 2. The minimum absolute atomic E-state index is 0.00871. The van der Waals surface area contributed by atoms with Crippen LogP contribution in [-0.4, -0.2) is 16.0 Å². The summed E-state index contributed by atoms with van der Waals surface area (Å²) in [7, 11) is 0. The van der Waals surface area contributed by atoms with Crippen LogP contribution in [-0.2, 0) is 6.42 Å². The van der Waals surface area contributed by atoms with Crippen molar-refractivity contribution in [1.29, 1.82) is 5.26 Å². The van der Waals surface area contributed by atoms with Gasteiger partial charge in [0.25, 0.3) is 5.92 Å². The Labute approximate surface area is 192 Å². The van der Waals surface area contributed by atoms with Gasteiger partial charge in [-0.25, -0.2) is 22.5 Å². The van der Waals surface area contributed by atoms with E-state index in [1.807, 2.05) is 13.0 Å². The molecular formula is C25H20F4N2OS. The van der Waals surface area contributed by atoms with E-state index in [9.17, 15) is 27.9 Å². The summed E-state index contributed by atoms with van der Waals surface area (Å²) in [4.78, 5) is 5.11. The van der Waals surface area contributed by atoms with Gasteiger partial charge in [-0.2, -0.15) is 5.26 Å². The van der Waals surface area contributed by atoms with E-state index in [1.165, 1.54) is 11.3 Å². The maximum atomic E-state index is 14.8. The summed E-state index contributed by atoms with van der Waals surface area (Å²) >= 11 is 1.37. The molecular weight excluding hydrogens is 452 g/mol. The second kappa shape index (κ2) is 7.64. The van der Waals surface area contributed by atoms with Gasteiger partial charge >= 0.3 is 0 Å². The molecule has 2 aromatic carbocycles. The highest BCUT2D eigenvalue weighted by Gasteiger charge is 2.50. The number of halogens is 4. The Morgan fingerprint density at radius 2 is 1.91 bits per heavy atom. The van der Waals surface area contributed by atoms with Gasteiger partial charge in [0.2, 0.25) is 0 Å². The zero-order chi connectivity index (χ0) is 23.7. The molecule has 3 nitrogen and oxygen atoms in total. The lowest BCUT2D eigenvalue weighted by atomic mass is 9.74. The van der Waals surface area contributed by atoms with Gasteiger partial charge in [0.15, 0.2) is 0 Å². The zero-order valence-electron chi connectivity index (χ0n) is 17.9. The number of nitriles is 1. The largest absolute Gasteiger partial charge is 0.382 e. The molecule has 33 heavy (non-hydrogen) atoms. The van der Waals surface area contributed by atoms with Crippen LogP contribution in [0.3, 0.4) is 0 Å². The van der Waals surface area contributed by atoms with Crippen LogP contribution in [0.25, 0.3) is 10.4 Å². The summed E-state index contributed by atoms with van der Waals surface area (Å²) in [6, 6.07) is 7.53. The zero-order valence-corrected chi connectivity index (χ0v) is 18.7. The Morgan fingerprint density at radius 3 is 2.58 bits per heavy atom. The molecule has 0 radical (unpaired) electrons. The molecule has 2 aliphatic carbocycles. The monoisotopic (exact) mass is 472 g/mol. The van der Waals surface area contributed by atoms with Crippen LogP contribution < -0.4 is 0 Å². The third-order valence-corrected chi connectivity index (χ3v) is 7.80. The summed E-state index contributed by atoms with van der Waals surface area (Å²) in [5, 5.41) is 21.0. The number of thiazole rings is 1. The Balaban J connectivity index is 1.76. The third kappa shape index (κ3) is 3.37. The number of benzene rings is 2. The third-order valence-electron chi connectivity index (χ3n) is 6.69. The van der Waals surface area contributed by atoms with E-state index in [1.54, 1.807) is 19.1 Å². The summed E-state index contributed by atoms with van der Waals surface area (Å²) in [5.41, 5.74) is 2.67. The first-order chi connectivity index (χ1) is 15.6. The molecule has 2 aliphatic rings.